The quantitative estimate of drug-likeness (QED) is 0.894. The first-order valence-electron chi connectivity index (χ1n) is 8.33. The average molecular weight is 341 g/mol. The van der Waals surface area contributed by atoms with E-state index < -0.39 is 6.10 Å². The van der Waals surface area contributed by atoms with Gasteiger partial charge in [0.25, 0.3) is 5.91 Å². The maximum atomic E-state index is 12.2. The Labute approximate surface area is 145 Å². The van der Waals surface area contributed by atoms with E-state index >= 15 is 0 Å². The number of carbonyl (C=O) groups excluding carboxylic acids is 1. The summed E-state index contributed by atoms with van der Waals surface area (Å²) in [5, 5.41) is 12.9. The van der Waals surface area contributed by atoms with Gasteiger partial charge in [0.05, 0.1) is 6.10 Å². The third-order valence-electron chi connectivity index (χ3n) is 4.45. The normalized spacial score (nSPS) is 17.7. The van der Waals surface area contributed by atoms with Crippen molar-refractivity contribution < 1.29 is 24.1 Å². The van der Waals surface area contributed by atoms with Gasteiger partial charge < -0.3 is 24.6 Å². The molecule has 6 heteroatoms. The second-order valence-corrected chi connectivity index (χ2v) is 6.14. The molecule has 2 aromatic rings. The SMILES string of the molecule is O=C(COc1cccc2c1CCC[C@@H]2O)Nc1ccc2c(c1)OCO2. The fraction of sp³-hybridized carbons (Fsp3) is 0.316. The van der Waals surface area contributed by atoms with E-state index in [9.17, 15) is 9.90 Å². The molecule has 25 heavy (non-hydrogen) atoms. The largest absolute Gasteiger partial charge is 0.483 e. The van der Waals surface area contributed by atoms with Gasteiger partial charge in [0.2, 0.25) is 6.79 Å². The van der Waals surface area contributed by atoms with E-state index in [1.807, 2.05) is 18.2 Å². The van der Waals surface area contributed by atoms with Crippen LogP contribution in [-0.2, 0) is 11.2 Å². The average Bonchev–Trinajstić information content (AvgIpc) is 3.08. The van der Waals surface area contributed by atoms with Crippen molar-refractivity contribution in [2.75, 3.05) is 18.7 Å². The van der Waals surface area contributed by atoms with Crippen LogP contribution in [0.2, 0.25) is 0 Å². The number of nitrogens with one attached hydrogen (secondary N) is 1. The summed E-state index contributed by atoms with van der Waals surface area (Å²) in [5.41, 5.74) is 2.53. The van der Waals surface area contributed by atoms with Gasteiger partial charge in [-0.25, -0.2) is 0 Å². The molecule has 1 heterocycles. The molecule has 0 saturated carbocycles. The first-order chi connectivity index (χ1) is 12.2. The molecule has 0 fully saturated rings. The van der Waals surface area contributed by atoms with E-state index in [-0.39, 0.29) is 19.3 Å². The molecule has 0 bridgehead atoms. The highest BCUT2D eigenvalue weighted by Crippen LogP contribution is 2.36. The Balaban J connectivity index is 1.40. The topological polar surface area (TPSA) is 77.0 Å². The molecule has 1 amide bonds. The van der Waals surface area contributed by atoms with Gasteiger partial charge in [0.1, 0.15) is 5.75 Å². The van der Waals surface area contributed by atoms with Gasteiger partial charge >= 0.3 is 0 Å². The summed E-state index contributed by atoms with van der Waals surface area (Å²) < 4.78 is 16.2. The second-order valence-electron chi connectivity index (χ2n) is 6.14. The summed E-state index contributed by atoms with van der Waals surface area (Å²) >= 11 is 0. The first kappa shape index (κ1) is 15.8. The minimum atomic E-state index is -0.449. The highest BCUT2D eigenvalue weighted by Gasteiger charge is 2.21. The van der Waals surface area contributed by atoms with Gasteiger partial charge in [-0.1, -0.05) is 12.1 Å². The number of carbonyl (C=O) groups is 1. The molecule has 0 saturated heterocycles. The predicted octanol–water partition coefficient (Wildman–Crippen LogP) is 2.80. The number of amides is 1. The van der Waals surface area contributed by atoms with Crippen LogP contribution < -0.4 is 19.5 Å². The molecular formula is C19H19NO5. The van der Waals surface area contributed by atoms with Crippen molar-refractivity contribution in [2.24, 2.45) is 0 Å². The molecule has 2 N–H and O–H groups in total. The fourth-order valence-corrected chi connectivity index (χ4v) is 3.24. The van der Waals surface area contributed by atoms with Crippen LogP contribution in [0.4, 0.5) is 5.69 Å². The first-order valence-corrected chi connectivity index (χ1v) is 8.33. The number of fused-ring (bicyclic) bond motifs is 2. The van der Waals surface area contributed by atoms with E-state index in [4.69, 9.17) is 14.2 Å². The zero-order valence-electron chi connectivity index (χ0n) is 13.7. The smallest absolute Gasteiger partial charge is 0.262 e. The summed E-state index contributed by atoms with van der Waals surface area (Å²) in [4.78, 5) is 12.2. The Morgan fingerprint density at radius 1 is 1.24 bits per heavy atom. The monoisotopic (exact) mass is 341 g/mol. The van der Waals surface area contributed by atoms with Crippen LogP contribution in [-0.4, -0.2) is 24.4 Å². The molecule has 1 atom stereocenters. The highest BCUT2D eigenvalue weighted by molar-refractivity contribution is 5.92. The van der Waals surface area contributed by atoms with Gasteiger partial charge in [0.15, 0.2) is 18.1 Å². The van der Waals surface area contributed by atoms with Crippen molar-refractivity contribution in [1.82, 2.24) is 0 Å². The van der Waals surface area contributed by atoms with Crippen molar-refractivity contribution in [3.05, 3.63) is 47.5 Å². The maximum absolute atomic E-state index is 12.2. The molecular weight excluding hydrogens is 322 g/mol. The van der Waals surface area contributed by atoms with Gasteiger partial charge in [-0.15, -0.1) is 0 Å². The van der Waals surface area contributed by atoms with E-state index in [0.29, 0.717) is 22.9 Å². The number of anilines is 1. The summed E-state index contributed by atoms with van der Waals surface area (Å²) in [5.74, 6) is 1.69. The standard InChI is InChI=1S/C19H19NO5/c21-15-5-1-4-14-13(15)3-2-6-16(14)23-10-19(22)20-12-7-8-17-18(9-12)25-11-24-17/h2-3,6-9,15,21H,1,4-5,10-11H2,(H,20,22)/t15-/m0/s1. The molecule has 0 spiro atoms. The maximum Gasteiger partial charge on any atom is 0.262 e. The molecule has 0 aromatic heterocycles. The Morgan fingerprint density at radius 3 is 3.04 bits per heavy atom. The number of benzene rings is 2. The second kappa shape index (κ2) is 6.64. The molecule has 0 unspecified atom stereocenters. The predicted molar refractivity (Wildman–Crippen MR) is 91.0 cm³/mol. The minimum absolute atomic E-state index is 0.0962. The highest BCUT2D eigenvalue weighted by atomic mass is 16.7. The van der Waals surface area contributed by atoms with Crippen LogP contribution in [0.15, 0.2) is 36.4 Å². The zero-order chi connectivity index (χ0) is 17.2. The lowest BCUT2D eigenvalue weighted by Gasteiger charge is -2.23. The minimum Gasteiger partial charge on any atom is -0.483 e. The van der Waals surface area contributed by atoms with Crippen molar-refractivity contribution >= 4 is 11.6 Å². The van der Waals surface area contributed by atoms with Gasteiger partial charge in [-0.3, -0.25) is 4.79 Å². The number of ether oxygens (including phenoxy) is 3. The van der Waals surface area contributed by atoms with Crippen molar-refractivity contribution in [3.63, 3.8) is 0 Å². The van der Waals surface area contributed by atoms with Crippen LogP contribution >= 0.6 is 0 Å². The summed E-state index contributed by atoms with van der Waals surface area (Å²) in [6, 6.07) is 10.8. The molecule has 1 aliphatic carbocycles. The van der Waals surface area contributed by atoms with Crippen LogP contribution in [0.5, 0.6) is 17.2 Å². The van der Waals surface area contributed by atoms with Crippen LogP contribution in [0.3, 0.4) is 0 Å². The Bertz CT molecular complexity index is 804. The molecule has 2 aliphatic rings. The van der Waals surface area contributed by atoms with Gasteiger partial charge in [-0.2, -0.15) is 0 Å². The zero-order valence-corrected chi connectivity index (χ0v) is 13.7. The number of aliphatic hydroxyl groups excluding tert-OH is 1. The summed E-state index contributed by atoms with van der Waals surface area (Å²) in [6.07, 6.45) is 2.08. The number of aliphatic hydroxyl groups is 1. The van der Waals surface area contributed by atoms with Crippen molar-refractivity contribution in [1.29, 1.82) is 0 Å². The van der Waals surface area contributed by atoms with Gasteiger partial charge in [0, 0.05) is 11.8 Å². The lowest BCUT2D eigenvalue weighted by atomic mass is 9.89. The Morgan fingerprint density at radius 2 is 2.12 bits per heavy atom. The number of hydrogen-bond donors (Lipinski definition) is 2. The molecule has 1 aliphatic heterocycles. The fourth-order valence-electron chi connectivity index (χ4n) is 3.24. The number of hydrogen-bond acceptors (Lipinski definition) is 5. The van der Waals surface area contributed by atoms with E-state index in [1.165, 1.54) is 0 Å². The molecule has 0 radical (unpaired) electrons. The van der Waals surface area contributed by atoms with E-state index in [1.54, 1.807) is 18.2 Å². The van der Waals surface area contributed by atoms with Gasteiger partial charge in [-0.05, 0) is 48.6 Å². The molecule has 130 valence electrons. The summed E-state index contributed by atoms with van der Waals surface area (Å²) in [6.45, 7) is 0.0990. The third kappa shape index (κ3) is 3.25. The van der Waals surface area contributed by atoms with Crippen LogP contribution in [0.1, 0.15) is 30.1 Å². The lowest BCUT2D eigenvalue weighted by Crippen LogP contribution is -2.21. The lowest BCUT2D eigenvalue weighted by molar-refractivity contribution is -0.118. The Hall–Kier alpha value is -2.73. The third-order valence-corrected chi connectivity index (χ3v) is 4.45. The van der Waals surface area contributed by atoms with Crippen molar-refractivity contribution in [3.8, 4) is 17.2 Å². The molecule has 2 aromatic carbocycles. The number of rotatable bonds is 4. The van der Waals surface area contributed by atoms with E-state index in [0.717, 1.165) is 30.4 Å². The van der Waals surface area contributed by atoms with Crippen LogP contribution in [0.25, 0.3) is 0 Å². The molecule has 4 rings (SSSR count). The Kier molecular flexibility index (Phi) is 4.19. The van der Waals surface area contributed by atoms with E-state index in [2.05, 4.69) is 5.32 Å². The molecule has 6 nitrogen and oxygen atoms in total. The van der Waals surface area contributed by atoms with Crippen LogP contribution in [0, 0.1) is 0 Å². The van der Waals surface area contributed by atoms with Crippen molar-refractivity contribution in [2.45, 2.75) is 25.4 Å². The summed E-state index contributed by atoms with van der Waals surface area (Å²) in [7, 11) is 0.